The topological polar surface area (TPSA) is 6.48 Å². The van der Waals surface area contributed by atoms with E-state index in [1.54, 1.807) is 0 Å². The summed E-state index contributed by atoms with van der Waals surface area (Å²) < 4.78 is 0. The van der Waals surface area contributed by atoms with Crippen LogP contribution in [0.3, 0.4) is 0 Å². The largest absolute Gasteiger partial charge is 0.238 e. The highest BCUT2D eigenvalue weighted by Gasteiger charge is 2.34. The minimum atomic E-state index is 0.221. The summed E-state index contributed by atoms with van der Waals surface area (Å²) in [5, 5.41) is 5.46. The first-order valence-corrected chi connectivity index (χ1v) is 10.9. The van der Waals surface area contributed by atoms with Crippen molar-refractivity contribution in [1.29, 1.82) is 0 Å². The maximum absolute atomic E-state index is 2.74. The molecule has 0 bridgehead atoms. The monoisotopic (exact) mass is 338 g/mol. The number of hydrogen-bond donors (Lipinski definition) is 0. The van der Waals surface area contributed by atoms with Crippen molar-refractivity contribution in [2.45, 2.75) is 136 Å². The summed E-state index contributed by atoms with van der Waals surface area (Å²) in [6.45, 7) is 15.6. The summed E-state index contributed by atoms with van der Waals surface area (Å²) >= 11 is 0. The molecule has 144 valence electrons. The summed E-state index contributed by atoms with van der Waals surface area (Å²) in [4.78, 5) is 0. The molecule has 0 saturated carbocycles. The number of hydrogen-bond acceptors (Lipinski definition) is 2. The smallest absolute Gasteiger partial charge is 0.0275 e. The van der Waals surface area contributed by atoms with Crippen molar-refractivity contribution in [2.24, 2.45) is 0 Å². The molecule has 1 fully saturated rings. The van der Waals surface area contributed by atoms with E-state index in [1.165, 1.54) is 83.6 Å². The Kier molecular flexibility index (Phi) is 10.5. The van der Waals surface area contributed by atoms with Crippen LogP contribution in [0.15, 0.2) is 0 Å². The fourth-order valence-corrected chi connectivity index (χ4v) is 4.40. The number of hydrazine groups is 1. The molecule has 1 aliphatic rings. The molecule has 2 atom stereocenters. The van der Waals surface area contributed by atoms with Gasteiger partial charge in [0.05, 0.1) is 0 Å². The first kappa shape index (κ1) is 22.0. The predicted molar refractivity (Wildman–Crippen MR) is 108 cm³/mol. The highest BCUT2D eigenvalue weighted by atomic mass is 15.7. The summed E-state index contributed by atoms with van der Waals surface area (Å²) in [6.07, 6.45) is 16.8. The molecule has 24 heavy (non-hydrogen) atoms. The van der Waals surface area contributed by atoms with Gasteiger partial charge < -0.3 is 0 Å². The predicted octanol–water partition coefficient (Wildman–Crippen LogP) is 6.80. The van der Waals surface area contributed by atoms with Crippen molar-refractivity contribution >= 4 is 0 Å². The zero-order chi connectivity index (χ0) is 18.0. The molecule has 2 heteroatoms. The zero-order valence-electron chi connectivity index (χ0n) is 17.7. The molecule has 0 radical (unpaired) electrons. The molecule has 2 nitrogen and oxygen atoms in total. The third-order valence-electron chi connectivity index (χ3n) is 5.62. The standard InChI is InChI=1S/C22H46N2/c1-7-8-9-10-11-12-14-18-21(3)24(22(4,5)6)23-19-16-13-15-17-20(23)2/h20-21H,7-19H2,1-6H3. The molecule has 1 rings (SSSR count). The van der Waals surface area contributed by atoms with Gasteiger partial charge in [0.2, 0.25) is 0 Å². The van der Waals surface area contributed by atoms with Gasteiger partial charge in [0, 0.05) is 24.2 Å². The molecule has 0 spiro atoms. The number of nitrogens with zero attached hydrogens (tertiary/aromatic N) is 2. The average Bonchev–Trinajstić information content (AvgIpc) is 2.70. The lowest BCUT2D eigenvalue weighted by Crippen LogP contribution is -2.59. The second kappa shape index (κ2) is 11.5. The van der Waals surface area contributed by atoms with Gasteiger partial charge in [-0.15, -0.1) is 0 Å². The van der Waals surface area contributed by atoms with Crippen LogP contribution >= 0.6 is 0 Å². The van der Waals surface area contributed by atoms with Crippen LogP contribution in [-0.4, -0.2) is 34.2 Å². The molecule has 1 saturated heterocycles. The Morgan fingerprint density at radius 3 is 2.21 bits per heavy atom. The van der Waals surface area contributed by atoms with E-state index in [0.29, 0.717) is 12.1 Å². The summed E-state index contributed by atoms with van der Waals surface area (Å²) in [5.41, 5.74) is 0.221. The minimum absolute atomic E-state index is 0.221. The summed E-state index contributed by atoms with van der Waals surface area (Å²) in [7, 11) is 0. The highest BCUT2D eigenvalue weighted by Crippen LogP contribution is 2.28. The fourth-order valence-electron chi connectivity index (χ4n) is 4.40. The first-order chi connectivity index (χ1) is 11.4. The molecule has 0 aromatic rings. The quantitative estimate of drug-likeness (QED) is 0.404. The van der Waals surface area contributed by atoms with Crippen LogP contribution < -0.4 is 0 Å². The van der Waals surface area contributed by atoms with Crippen molar-refractivity contribution < 1.29 is 0 Å². The molecule has 0 aromatic heterocycles. The zero-order valence-corrected chi connectivity index (χ0v) is 17.7. The SMILES string of the molecule is CCCCCCCCCC(C)N(N1CCCCCC1C)C(C)(C)C. The van der Waals surface area contributed by atoms with E-state index in [2.05, 4.69) is 51.6 Å². The van der Waals surface area contributed by atoms with Crippen LogP contribution in [0.1, 0.15) is 119 Å². The lowest BCUT2D eigenvalue weighted by atomic mass is 10.0. The van der Waals surface area contributed by atoms with E-state index in [0.717, 1.165) is 0 Å². The van der Waals surface area contributed by atoms with E-state index >= 15 is 0 Å². The van der Waals surface area contributed by atoms with Gasteiger partial charge >= 0.3 is 0 Å². The second-order valence-corrected chi connectivity index (χ2v) is 9.14. The minimum Gasteiger partial charge on any atom is -0.238 e. The van der Waals surface area contributed by atoms with Crippen molar-refractivity contribution in [1.82, 2.24) is 10.0 Å². The van der Waals surface area contributed by atoms with Crippen molar-refractivity contribution in [3.05, 3.63) is 0 Å². The van der Waals surface area contributed by atoms with Crippen LogP contribution in [0.2, 0.25) is 0 Å². The Morgan fingerprint density at radius 2 is 1.58 bits per heavy atom. The highest BCUT2D eigenvalue weighted by molar-refractivity contribution is 4.83. The van der Waals surface area contributed by atoms with Gasteiger partial charge in [-0.3, -0.25) is 0 Å². The first-order valence-electron chi connectivity index (χ1n) is 10.9. The maximum Gasteiger partial charge on any atom is 0.0275 e. The van der Waals surface area contributed by atoms with E-state index in [4.69, 9.17) is 0 Å². The third kappa shape index (κ3) is 7.87. The van der Waals surface area contributed by atoms with Gasteiger partial charge in [-0.2, -0.15) is 0 Å². The van der Waals surface area contributed by atoms with E-state index in [1.807, 2.05) is 0 Å². The van der Waals surface area contributed by atoms with Gasteiger partial charge in [-0.1, -0.05) is 64.7 Å². The van der Waals surface area contributed by atoms with E-state index < -0.39 is 0 Å². The van der Waals surface area contributed by atoms with E-state index in [-0.39, 0.29) is 5.54 Å². The molecule has 0 aromatic carbocycles. The van der Waals surface area contributed by atoms with E-state index in [9.17, 15) is 0 Å². The lowest BCUT2D eigenvalue weighted by Gasteiger charge is -2.49. The molecule has 1 aliphatic heterocycles. The van der Waals surface area contributed by atoms with Crippen LogP contribution in [0.5, 0.6) is 0 Å². The lowest BCUT2D eigenvalue weighted by molar-refractivity contribution is -0.140. The number of rotatable bonds is 10. The number of unbranched alkanes of at least 4 members (excludes halogenated alkanes) is 6. The van der Waals surface area contributed by atoms with Crippen molar-refractivity contribution in [2.75, 3.05) is 6.54 Å². The fraction of sp³-hybridized carbons (Fsp3) is 1.00. The van der Waals surface area contributed by atoms with Gasteiger partial charge in [0.25, 0.3) is 0 Å². The van der Waals surface area contributed by atoms with Crippen LogP contribution in [0, 0.1) is 0 Å². The molecule has 1 heterocycles. The molecule has 0 aliphatic carbocycles. The van der Waals surface area contributed by atoms with Crippen LogP contribution in [-0.2, 0) is 0 Å². The molecule has 0 N–H and O–H groups in total. The Labute approximate surface area is 153 Å². The normalized spacial score (nSPS) is 21.9. The molecular weight excluding hydrogens is 292 g/mol. The third-order valence-corrected chi connectivity index (χ3v) is 5.62. The van der Waals surface area contributed by atoms with Crippen molar-refractivity contribution in [3.63, 3.8) is 0 Å². The Bertz CT molecular complexity index is 308. The van der Waals surface area contributed by atoms with Gasteiger partial charge in [0.1, 0.15) is 0 Å². The van der Waals surface area contributed by atoms with Gasteiger partial charge in [-0.25, -0.2) is 10.0 Å². The Hall–Kier alpha value is -0.0800. The molecule has 2 unspecified atom stereocenters. The molecular formula is C22H46N2. The van der Waals surface area contributed by atoms with Crippen molar-refractivity contribution in [3.8, 4) is 0 Å². The summed E-state index contributed by atoms with van der Waals surface area (Å²) in [6, 6.07) is 1.35. The van der Waals surface area contributed by atoms with Gasteiger partial charge in [-0.05, 0) is 53.9 Å². The maximum atomic E-state index is 2.74. The van der Waals surface area contributed by atoms with Crippen LogP contribution in [0.25, 0.3) is 0 Å². The Balaban J connectivity index is 2.48. The average molecular weight is 339 g/mol. The second-order valence-electron chi connectivity index (χ2n) is 9.14. The Morgan fingerprint density at radius 1 is 0.958 bits per heavy atom. The van der Waals surface area contributed by atoms with Gasteiger partial charge in [0.15, 0.2) is 0 Å². The summed E-state index contributed by atoms with van der Waals surface area (Å²) in [5.74, 6) is 0. The van der Waals surface area contributed by atoms with Crippen LogP contribution in [0.4, 0.5) is 0 Å². The molecule has 0 amide bonds.